The van der Waals surface area contributed by atoms with Gasteiger partial charge in [0.1, 0.15) is 11.9 Å². The number of rotatable bonds is 6. The molecule has 0 N–H and O–H groups in total. The van der Waals surface area contributed by atoms with Crippen LogP contribution in [0.4, 0.5) is 5.82 Å². The van der Waals surface area contributed by atoms with Gasteiger partial charge < -0.3 is 4.90 Å². The summed E-state index contributed by atoms with van der Waals surface area (Å²) in [6.45, 7) is 6.84. The maximum atomic E-state index is 10.2. The predicted molar refractivity (Wildman–Crippen MR) is 156 cm³/mol. The van der Waals surface area contributed by atoms with Crippen LogP contribution in [0.3, 0.4) is 0 Å². The summed E-state index contributed by atoms with van der Waals surface area (Å²) >= 11 is 0. The van der Waals surface area contributed by atoms with Gasteiger partial charge in [0.15, 0.2) is 5.65 Å². The first-order valence-electron chi connectivity index (χ1n) is 13.3. The third-order valence-corrected chi connectivity index (χ3v) is 7.57. The summed E-state index contributed by atoms with van der Waals surface area (Å²) in [5.74, 6) is 1.17. The Balaban J connectivity index is 1.37. The number of aromatic nitrogens is 2. The SMILES string of the molecule is Cc1c(Cc2ccccc2)c(N2CCN(CC=Cc3ccccc3)CC2)n2c(nc3ccccc32)c1C#N. The molecule has 1 saturated heterocycles. The minimum Gasteiger partial charge on any atom is -0.355 e. The van der Waals surface area contributed by atoms with Gasteiger partial charge in [0, 0.05) is 44.7 Å². The topological polar surface area (TPSA) is 47.6 Å². The number of nitrogens with zero attached hydrogens (tertiary/aromatic N) is 5. The number of piperazine rings is 1. The Hall–Kier alpha value is -4.40. The van der Waals surface area contributed by atoms with Crippen molar-refractivity contribution in [1.29, 1.82) is 5.26 Å². The van der Waals surface area contributed by atoms with Crippen molar-refractivity contribution < 1.29 is 0 Å². The smallest absolute Gasteiger partial charge is 0.157 e. The molecule has 3 heterocycles. The van der Waals surface area contributed by atoms with Gasteiger partial charge in [0.05, 0.1) is 16.6 Å². The first-order valence-corrected chi connectivity index (χ1v) is 13.3. The molecule has 1 fully saturated rings. The number of para-hydroxylation sites is 2. The van der Waals surface area contributed by atoms with E-state index < -0.39 is 0 Å². The summed E-state index contributed by atoms with van der Waals surface area (Å²) in [7, 11) is 0. The van der Waals surface area contributed by atoms with Crippen molar-refractivity contribution in [3.05, 3.63) is 119 Å². The predicted octanol–water partition coefficient (Wildman–Crippen LogP) is 6.09. The Kier molecular flexibility index (Phi) is 6.64. The van der Waals surface area contributed by atoms with Crippen LogP contribution in [0.25, 0.3) is 22.8 Å². The maximum absolute atomic E-state index is 10.2. The molecule has 5 aromatic rings. The fourth-order valence-corrected chi connectivity index (χ4v) is 5.55. The van der Waals surface area contributed by atoms with Gasteiger partial charge in [-0.15, -0.1) is 0 Å². The second-order valence-corrected chi connectivity index (χ2v) is 9.94. The van der Waals surface area contributed by atoms with Crippen molar-refractivity contribution in [3.8, 4) is 6.07 Å². The van der Waals surface area contributed by atoms with E-state index >= 15 is 0 Å². The van der Waals surface area contributed by atoms with E-state index in [9.17, 15) is 5.26 Å². The van der Waals surface area contributed by atoms with Crippen LogP contribution >= 0.6 is 0 Å². The zero-order chi connectivity index (χ0) is 25.9. The molecule has 0 bridgehead atoms. The van der Waals surface area contributed by atoms with Gasteiger partial charge in [0.25, 0.3) is 0 Å². The Morgan fingerprint density at radius 2 is 1.55 bits per heavy atom. The van der Waals surface area contributed by atoms with Crippen LogP contribution in [0.1, 0.15) is 27.8 Å². The Morgan fingerprint density at radius 1 is 0.868 bits per heavy atom. The molecule has 0 radical (unpaired) electrons. The van der Waals surface area contributed by atoms with Crippen LogP contribution in [-0.4, -0.2) is 47.0 Å². The first-order chi connectivity index (χ1) is 18.7. The fraction of sp³-hybridized carbons (Fsp3) is 0.212. The largest absolute Gasteiger partial charge is 0.355 e. The maximum Gasteiger partial charge on any atom is 0.157 e. The molecular weight excluding hydrogens is 466 g/mol. The van der Waals surface area contributed by atoms with Crippen molar-refractivity contribution in [1.82, 2.24) is 14.3 Å². The van der Waals surface area contributed by atoms with Crippen LogP contribution < -0.4 is 4.90 Å². The van der Waals surface area contributed by atoms with Crippen LogP contribution in [0.5, 0.6) is 0 Å². The van der Waals surface area contributed by atoms with E-state index in [1.165, 1.54) is 22.5 Å². The third-order valence-electron chi connectivity index (χ3n) is 7.57. The normalized spacial score (nSPS) is 14.5. The standard InChI is InChI=1S/C33H31N5/c1-25-28(23-27-13-6-3-7-14-27)33(38-31-17-9-8-16-30(31)35-32(38)29(25)24-34)37-21-19-36(20-22-37)18-10-15-26-11-4-2-5-12-26/h2-17H,18-23H2,1H3. The molecule has 1 aliphatic rings. The van der Waals surface area contributed by atoms with E-state index in [4.69, 9.17) is 4.98 Å². The highest BCUT2D eigenvalue weighted by molar-refractivity contribution is 5.86. The lowest BCUT2D eigenvalue weighted by Crippen LogP contribution is -2.47. The second-order valence-electron chi connectivity index (χ2n) is 9.94. The zero-order valence-corrected chi connectivity index (χ0v) is 21.7. The van der Waals surface area contributed by atoms with Crippen LogP contribution in [0.2, 0.25) is 0 Å². The summed E-state index contributed by atoms with van der Waals surface area (Å²) in [6.07, 6.45) is 5.24. The van der Waals surface area contributed by atoms with Gasteiger partial charge in [-0.2, -0.15) is 5.26 Å². The van der Waals surface area contributed by atoms with Gasteiger partial charge in [-0.05, 0) is 35.7 Å². The van der Waals surface area contributed by atoms with Gasteiger partial charge in [-0.25, -0.2) is 4.98 Å². The zero-order valence-electron chi connectivity index (χ0n) is 21.7. The van der Waals surface area contributed by atoms with Crippen molar-refractivity contribution in [3.63, 3.8) is 0 Å². The van der Waals surface area contributed by atoms with Gasteiger partial charge in [-0.3, -0.25) is 9.30 Å². The quantitative estimate of drug-likeness (QED) is 0.285. The molecule has 1 aliphatic heterocycles. The Labute approximate surface area is 223 Å². The van der Waals surface area contributed by atoms with Crippen LogP contribution in [0.15, 0.2) is 91.0 Å². The molecule has 6 rings (SSSR count). The van der Waals surface area contributed by atoms with Gasteiger partial charge >= 0.3 is 0 Å². The summed E-state index contributed by atoms with van der Waals surface area (Å²) in [6, 6.07) is 31.7. The Morgan fingerprint density at radius 3 is 2.29 bits per heavy atom. The molecule has 0 atom stereocenters. The van der Waals surface area contributed by atoms with E-state index in [0.717, 1.165) is 61.4 Å². The number of benzene rings is 3. The van der Waals surface area contributed by atoms with E-state index in [2.05, 4.69) is 106 Å². The molecule has 0 amide bonds. The number of imidazole rings is 1. The lowest BCUT2D eigenvalue weighted by molar-refractivity contribution is 0.283. The van der Waals surface area contributed by atoms with Gasteiger partial charge in [0.2, 0.25) is 0 Å². The number of nitriles is 1. The monoisotopic (exact) mass is 497 g/mol. The third kappa shape index (κ3) is 4.55. The molecular formula is C33H31N5. The highest BCUT2D eigenvalue weighted by Crippen LogP contribution is 2.35. The molecule has 0 saturated carbocycles. The summed E-state index contributed by atoms with van der Waals surface area (Å²) in [5, 5.41) is 10.2. The number of hydrogen-bond donors (Lipinski definition) is 0. The van der Waals surface area contributed by atoms with Crippen molar-refractivity contribution in [2.24, 2.45) is 0 Å². The average Bonchev–Trinajstić information content (AvgIpc) is 3.34. The minimum atomic E-state index is 0.667. The van der Waals surface area contributed by atoms with E-state index in [0.29, 0.717) is 5.56 Å². The molecule has 5 heteroatoms. The molecule has 3 aromatic carbocycles. The molecule has 188 valence electrons. The van der Waals surface area contributed by atoms with E-state index in [1.54, 1.807) is 0 Å². The number of hydrogen-bond acceptors (Lipinski definition) is 4. The molecule has 0 spiro atoms. The number of pyridine rings is 1. The number of anilines is 1. The summed E-state index contributed by atoms with van der Waals surface area (Å²) in [5.41, 5.74) is 8.12. The molecule has 0 aliphatic carbocycles. The molecule has 5 nitrogen and oxygen atoms in total. The van der Waals surface area contributed by atoms with Crippen molar-refractivity contribution >= 4 is 28.6 Å². The van der Waals surface area contributed by atoms with Crippen molar-refractivity contribution in [2.45, 2.75) is 13.3 Å². The van der Waals surface area contributed by atoms with E-state index in [1.807, 2.05) is 18.2 Å². The number of fused-ring (bicyclic) bond motifs is 3. The molecule has 0 unspecified atom stereocenters. The van der Waals surface area contributed by atoms with Crippen LogP contribution in [-0.2, 0) is 6.42 Å². The van der Waals surface area contributed by atoms with Gasteiger partial charge in [-0.1, -0.05) is 84.9 Å². The molecule has 38 heavy (non-hydrogen) atoms. The van der Waals surface area contributed by atoms with Crippen molar-refractivity contribution in [2.75, 3.05) is 37.6 Å². The van der Waals surface area contributed by atoms with Crippen LogP contribution in [0, 0.1) is 18.3 Å². The summed E-state index contributed by atoms with van der Waals surface area (Å²) in [4.78, 5) is 9.94. The Bertz CT molecular complexity index is 1640. The highest BCUT2D eigenvalue weighted by Gasteiger charge is 2.26. The average molecular weight is 498 g/mol. The fourth-order valence-electron chi connectivity index (χ4n) is 5.55. The highest BCUT2D eigenvalue weighted by atomic mass is 15.3. The lowest BCUT2D eigenvalue weighted by Gasteiger charge is -2.37. The molecule has 2 aromatic heterocycles. The minimum absolute atomic E-state index is 0.667. The summed E-state index contributed by atoms with van der Waals surface area (Å²) < 4.78 is 2.24. The lowest BCUT2D eigenvalue weighted by atomic mass is 9.97. The van der Waals surface area contributed by atoms with E-state index in [-0.39, 0.29) is 0 Å². The second kappa shape index (κ2) is 10.5. The first kappa shape index (κ1) is 24.0.